The largest absolute Gasteiger partial charge is 0.359 e. The van der Waals surface area contributed by atoms with Gasteiger partial charge < -0.3 is 20.2 Å². The van der Waals surface area contributed by atoms with Crippen LogP contribution in [0.4, 0.5) is 0 Å². The van der Waals surface area contributed by atoms with Crippen molar-refractivity contribution < 1.29 is 9.59 Å². The van der Waals surface area contributed by atoms with E-state index in [1.807, 2.05) is 24.4 Å². The Kier molecular flexibility index (Phi) is 9.30. The van der Waals surface area contributed by atoms with Crippen LogP contribution in [-0.2, 0) is 22.6 Å². The molecule has 0 saturated carbocycles. The molecule has 0 aliphatic carbocycles. The molecule has 2 heterocycles. The van der Waals surface area contributed by atoms with Gasteiger partial charge in [-0.15, -0.1) is 0 Å². The van der Waals surface area contributed by atoms with E-state index in [0.717, 1.165) is 66.0 Å². The summed E-state index contributed by atoms with van der Waals surface area (Å²) in [6, 6.07) is 16.1. The molecule has 8 heteroatoms. The van der Waals surface area contributed by atoms with Crippen LogP contribution in [0.1, 0.15) is 68.7 Å². The molecule has 4 rings (SSSR count). The first-order valence-corrected chi connectivity index (χ1v) is 13.5. The summed E-state index contributed by atoms with van der Waals surface area (Å²) in [7, 11) is 1.66. The first kappa shape index (κ1) is 27.1. The number of amides is 2. The van der Waals surface area contributed by atoms with Crippen molar-refractivity contribution in [1.82, 2.24) is 30.2 Å². The van der Waals surface area contributed by atoms with E-state index >= 15 is 0 Å². The van der Waals surface area contributed by atoms with Gasteiger partial charge in [0.1, 0.15) is 11.6 Å². The van der Waals surface area contributed by atoms with Crippen molar-refractivity contribution in [2.75, 3.05) is 7.05 Å². The molecule has 1 atom stereocenters. The van der Waals surface area contributed by atoms with Gasteiger partial charge >= 0.3 is 0 Å². The SMILES string of the molecule is CCc1nc2ccccc2n1CCC(=O)N[C@@H](CCCCCC(=O)NC)c1ncc(-c2ccc(C)cc2)[nH]1. The number of hydrogen-bond donors (Lipinski definition) is 3. The molecule has 2 aromatic carbocycles. The van der Waals surface area contributed by atoms with Crippen molar-refractivity contribution >= 4 is 22.8 Å². The fourth-order valence-electron chi connectivity index (χ4n) is 4.73. The highest BCUT2D eigenvalue weighted by Gasteiger charge is 2.19. The molecule has 0 bridgehead atoms. The van der Waals surface area contributed by atoms with E-state index in [2.05, 4.69) is 69.3 Å². The van der Waals surface area contributed by atoms with Gasteiger partial charge in [0.05, 0.1) is 29.0 Å². The summed E-state index contributed by atoms with van der Waals surface area (Å²) in [5.74, 6) is 1.78. The lowest BCUT2D eigenvalue weighted by Crippen LogP contribution is -2.30. The average Bonchev–Trinajstić information content (AvgIpc) is 3.56. The molecule has 0 saturated heterocycles. The molecule has 0 unspecified atom stereocenters. The van der Waals surface area contributed by atoms with Gasteiger partial charge in [0.2, 0.25) is 11.8 Å². The lowest BCUT2D eigenvalue weighted by atomic mass is 10.1. The molecule has 8 nitrogen and oxygen atoms in total. The maximum atomic E-state index is 13.1. The van der Waals surface area contributed by atoms with Gasteiger partial charge in [-0.3, -0.25) is 9.59 Å². The number of para-hydroxylation sites is 2. The van der Waals surface area contributed by atoms with Gasteiger partial charge in [-0.1, -0.05) is 61.7 Å². The van der Waals surface area contributed by atoms with Crippen molar-refractivity contribution in [2.24, 2.45) is 0 Å². The Balaban J connectivity index is 1.43. The highest BCUT2D eigenvalue weighted by molar-refractivity contribution is 5.78. The van der Waals surface area contributed by atoms with Crippen LogP contribution in [0, 0.1) is 6.92 Å². The molecule has 0 fully saturated rings. The normalized spacial score (nSPS) is 12.0. The number of unbranched alkanes of at least 4 members (excludes halogenated alkanes) is 2. The second kappa shape index (κ2) is 13.0. The van der Waals surface area contributed by atoms with Gasteiger partial charge in [-0.05, 0) is 37.5 Å². The number of aromatic amines is 1. The monoisotopic (exact) mass is 514 g/mol. The number of benzene rings is 2. The predicted molar refractivity (Wildman–Crippen MR) is 151 cm³/mol. The van der Waals surface area contributed by atoms with Crippen molar-refractivity contribution in [3.8, 4) is 11.3 Å². The zero-order valence-electron chi connectivity index (χ0n) is 22.6. The maximum absolute atomic E-state index is 13.1. The second-order valence-corrected chi connectivity index (χ2v) is 9.71. The van der Waals surface area contributed by atoms with Crippen LogP contribution >= 0.6 is 0 Å². The third-order valence-corrected chi connectivity index (χ3v) is 6.91. The number of H-pyrrole nitrogens is 1. The van der Waals surface area contributed by atoms with Gasteiger partial charge in [0, 0.05) is 32.9 Å². The number of imidazole rings is 2. The van der Waals surface area contributed by atoms with Crippen LogP contribution in [0.2, 0.25) is 0 Å². The smallest absolute Gasteiger partial charge is 0.222 e. The molecule has 0 aliphatic heterocycles. The number of fused-ring (bicyclic) bond motifs is 1. The Morgan fingerprint density at radius 1 is 1.00 bits per heavy atom. The van der Waals surface area contributed by atoms with Crippen LogP contribution in [0.3, 0.4) is 0 Å². The van der Waals surface area contributed by atoms with E-state index in [-0.39, 0.29) is 17.9 Å². The van der Waals surface area contributed by atoms with E-state index in [9.17, 15) is 9.59 Å². The fraction of sp³-hybridized carbons (Fsp3) is 0.400. The van der Waals surface area contributed by atoms with E-state index < -0.39 is 0 Å². The lowest BCUT2D eigenvalue weighted by Gasteiger charge is -2.17. The number of aryl methyl sites for hydroxylation is 3. The summed E-state index contributed by atoms with van der Waals surface area (Å²) in [6.07, 6.45) is 6.87. The highest BCUT2D eigenvalue weighted by atomic mass is 16.2. The second-order valence-electron chi connectivity index (χ2n) is 9.71. The number of rotatable bonds is 13. The summed E-state index contributed by atoms with van der Waals surface area (Å²) in [6.45, 7) is 4.72. The molecule has 38 heavy (non-hydrogen) atoms. The van der Waals surface area contributed by atoms with Crippen LogP contribution in [0.25, 0.3) is 22.3 Å². The van der Waals surface area contributed by atoms with E-state index in [0.29, 0.717) is 19.4 Å². The van der Waals surface area contributed by atoms with Gasteiger partial charge in [-0.25, -0.2) is 9.97 Å². The minimum Gasteiger partial charge on any atom is -0.359 e. The lowest BCUT2D eigenvalue weighted by molar-refractivity contribution is -0.122. The maximum Gasteiger partial charge on any atom is 0.222 e. The molecular weight excluding hydrogens is 476 g/mol. The third-order valence-electron chi connectivity index (χ3n) is 6.91. The molecule has 2 aromatic heterocycles. The van der Waals surface area contributed by atoms with Gasteiger partial charge in [0.25, 0.3) is 0 Å². The molecule has 0 radical (unpaired) electrons. The van der Waals surface area contributed by atoms with Crippen molar-refractivity contribution in [3.63, 3.8) is 0 Å². The number of carbonyl (C=O) groups is 2. The standard InChI is InChI=1S/C30H38N6O2/c1-4-27-33-23-10-8-9-12-26(23)36(27)19-18-29(38)34-24(11-6-5-7-13-28(37)31-3)30-32-20-25(35-30)22-16-14-21(2)15-17-22/h8-10,12,14-17,20,24H,4-7,11,13,18-19H2,1-3H3,(H,31,37)(H,32,35)(H,34,38)/t24-/m0/s1. The molecule has 200 valence electrons. The Morgan fingerprint density at radius 2 is 1.79 bits per heavy atom. The fourth-order valence-corrected chi connectivity index (χ4v) is 4.73. The van der Waals surface area contributed by atoms with Crippen LogP contribution < -0.4 is 10.6 Å². The quantitative estimate of drug-likeness (QED) is 0.212. The average molecular weight is 515 g/mol. The van der Waals surface area contributed by atoms with Crippen LogP contribution in [0.15, 0.2) is 54.7 Å². The number of carbonyl (C=O) groups excluding carboxylic acids is 2. The molecule has 4 aromatic rings. The van der Waals surface area contributed by atoms with E-state index in [1.165, 1.54) is 5.56 Å². The van der Waals surface area contributed by atoms with Crippen LogP contribution in [0.5, 0.6) is 0 Å². The van der Waals surface area contributed by atoms with E-state index in [4.69, 9.17) is 4.98 Å². The predicted octanol–water partition coefficient (Wildman–Crippen LogP) is 5.24. The minimum atomic E-state index is -0.230. The van der Waals surface area contributed by atoms with Crippen molar-refractivity contribution in [2.45, 2.75) is 71.4 Å². The highest BCUT2D eigenvalue weighted by Crippen LogP contribution is 2.23. The molecule has 0 spiro atoms. The first-order chi connectivity index (χ1) is 18.5. The zero-order chi connectivity index (χ0) is 26.9. The number of aromatic nitrogens is 4. The Labute approximate surface area is 224 Å². The summed E-state index contributed by atoms with van der Waals surface area (Å²) in [5, 5.41) is 5.89. The van der Waals surface area contributed by atoms with Crippen molar-refractivity contribution in [3.05, 3.63) is 71.9 Å². The van der Waals surface area contributed by atoms with Gasteiger partial charge in [0.15, 0.2) is 0 Å². The molecule has 2 amide bonds. The topological polar surface area (TPSA) is 105 Å². The summed E-state index contributed by atoms with van der Waals surface area (Å²) < 4.78 is 2.14. The number of nitrogens with one attached hydrogen (secondary N) is 3. The Hall–Kier alpha value is -3.94. The minimum absolute atomic E-state index is 0.0199. The first-order valence-electron chi connectivity index (χ1n) is 13.5. The number of hydrogen-bond acceptors (Lipinski definition) is 4. The third kappa shape index (κ3) is 6.88. The molecular formula is C30H38N6O2. The molecule has 0 aliphatic rings. The Morgan fingerprint density at radius 3 is 2.55 bits per heavy atom. The summed E-state index contributed by atoms with van der Waals surface area (Å²) in [4.78, 5) is 37.5. The summed E-state index contributed by atoms with van der Waals surface area (Å²) >= 11 is 0. The number of nitrogens with zero attached hydrogens (tertiary/aromatic N) is 3. The zero-order valence-corrected chi connectivity index (χ0v) is 22.6. The van der Waals surface area contributed by atoms with E-state index in [1.54, 1.807) is 7.05 Å². The summed E-state index contributed by atoms with van der Waals surface area (Å²) in [5.41, 5.74) is 5.20. The van der Waals surface area contributed by atoms with Crippen molar-refractivity contribution in [1.29, 1.82) is 0 Å². The molecule has 3 N–H and O–H groups in total. The van der Waals surface area contributed by atoms with Gasteiger partial charge in [-0.2, -0.15) is 0 Å². The Bertz CT molecular complexity index is 1350. The van der Waals surface area contributed by atoms with Crippen LogP contribution in [-0.4, -0.2) is 38.4 Å².